The molecule has 0 amide bonds. The van der Waals surface area contributed by atoms with Gasteiger partial charge in [0.15, 0.2) is 0 Å². The Kier molecular flexibility index (Phi) is 2.70. The largest absolute Gasteiger partial charge is 0.381 e. The molecule has 0 aromatic carbocycles. The second-order valence-electron chi connectivity index (χ2n) is 6.11. The van der Waals surface area contributed by atoms with E-state index in [1.165, 1.54) is 32.1 Å². The number of hydrogen-bond acceptors (Lipinski definition) is 1. The molecule has 0 saturated heterocycles. The predicted octanol–water partition coefficient (Wildman–Crippen LogP) is 3.94. The van der Waals surface area contributed by atoms with Crippen LogP contribution in [0.4, 0.5) is 0 Å². The topological polar surface area (TPSA) is 9.23 Å². The highest BCUT2D eigenvalue weighted by Gasteiger charge is 2.47. The maximum atomic E-state index is 5.79. The highest BCUT2D eigenvalue weighted by Crippen LogP contribution is 2.54. The second kappa shape index (κ2) is 3.62. The third kappa shape index (κ3) is 1.75. The second-order valence-corrected chi connectivity index (χ2v) is 6.11. The molecule has 2 rings (SSSR count). The molecule has 1 nitrogen and oxygen atoms in total. The van der Waals surface area contributed by atoms with Gasteiger partial charge in [0.1, 0.15) is 0 Å². The summed E-state index contributed by atoms with van der Waals surface area (Å²) in [5, 5.41) is 0. The van der Waals surface area contributed by atoms with Crippen LogP contribution in [-0.4, -0.2) is 13.2 Å². The van der Waals surface area contributed by atoms with Gasteiger partial charge in [0.05, 0.1) is 6.10 Å². The van der Waals surface area contributed by atoms with E-state index in [4.69, 9.17) is 4.74 Å². The SMILES string of the molecule is COC1CC(C)(C)C=C(C)C12CCCC2. The first-order valence-electron chi connectivity index (χ1n) is 6.23. The molecule has 86 valence electrons. The van der Waals surface area contributed by atoms with Crippen LogP contribution in [0.15, 0.2) is 11.6 Å². The summed E-state index contributed by atoms with van der Waals surface area (Å²) in [6, 6.07) is 0. The van der Waals surface area contributed by atoms with Crippen molar-refractivity contribution in [3.8, 4) is 0 Å². The van der Waals surface area contributed by atoms with Gasteiger partial charge in [-0.2, -0.15) is 0 Å². The molecule has 0 aromatic rings. The van der Waals surface area contributed by atoms with Crippen LogP contribution < -0.4 is 0 Å². The Hall–Kier alpha value is -0.300. The van der Waals surface area contributed by atoms with Crippen LogP contribution in [-0.2, 0) is 4.74 Å². The first-order valence-corrected chi connectivity index (χ1v) is 6.23. The first kappa shape index (κ1) is 11.2. The van der Waals surface area contributed by atoms with Crippen molar-refractivity contribution >= 4 is 0 Å². The van der Waals surface area contributed by atoms with Gasteiger partial charge >= 0.3 is 0 Å². The minimum Gasteiger partial charge on any atom is -0.381 e. The zero-order chi connectivity index (χ0) is 11.1. The molecule has 1 fully saturated rings. The molecular formula is C14H24O. The van der Waals surface area contributed by atoms with Crippen LogP contribution in [0.3, 0.4) is 0 Å². The van der Waals surface area contributed by atoms with Crippen molar-refractivity contribution in [2.75, 3.05) is 7.11 Å². The van der Waals surface area contributed by atoms with Crippen LogP contribution in [0.5, 0.6) is 0 Å². The quantitative estimate of drug-likeness (QED) is 0.593. The normalized spacial score (nSPS) is 33.1. The van der Waals surface area contributed by atoms with Gasteiger partial charge in [-0.1, -0.05) is 38.3 Å². The summed E-state index contributed by atoms with van der Waals surface area (Å²) in [5.41, 5.74) is 2.30. The van der Waals surface area contributed by atoms with Crippen LogP contribution in [0.2, 0.25) is 0 Å². The molecule has 0 aromatic heterocycles. The predicted molar refractivity (Wildman–Crippen MR) is 63.9 cm³/mol. The molecule has 1 heteroatoms. The highest BCUT2D eigenvalue weighted by atomic mass is 16.5. The Morgan fingerprint density at radius 2 is 1.87 bits per heavy atom. The zero-order valence-electron chi connectivity index (χ0n) is 10.6. The Balaban J connectivity index is 2.36. The maximum absolute atomic E-state index is 5.79. The first-order chi connectivity index (χ1) is 7.00. The summed E-state index contributed by atoms with van der Waals surface area (Å²) in [6.07, 6.45) is 9.56. The van der Waals surface area contributed by atoms with Crippen molar-refractivity contribution in [2.24, 2.45) is 10.8 Å². The van der Waals surface area contributed by atoms with Gasteiger partial charge < -0.3 is 4.74 Å². The summed E-state index contributed by atoms with van der Waals surface area (Å²) in [7, 11) is 1.89. The lowest BCUT2D eigenvalue weighted by molar-refractivity contribution is -0.0220. The molecule has 2 aliphatic rings. The van der Waals surface area contributed by atoms with Crippen molar-refractivity contribution in [2.45, 2.75) is 59.0 Å². The van der Waals surface area contributed by atoms with Gasteiger partial charge in [0.25, 0.3) is 0 Å². The monoisotopic (exact) mass is 208 g/mol. The van der Waals surface area contributed by atoms with E-state index < -0.39 is 0 Å². The van der Waals surface area contributed by atoms with Crippen molar-refractivity contribution in [3.05, 3.63) is 11.6 Å². The summed E-state index contributed by atoms with van der Waals surface area (Å²) in [4.78, 5) is 0. The summed E-state index contributed by atoms with van der Waals surface area (Å²) < 4.78 is 5.79. The minimum atomic E-state index is 0.318. The third-order valence-electron chi connectivity index (χ3n) is 4.50. The van der Waals surface area contributed by atoms with E-state index in [-0.39, 0.29) is 0 Å². The van der Waals surface area contributed by atoms with Gasteiger partial charge in [-0.3, -0.25) is 0 Å². The van der Waals surface area contributed by atoms with E-state index in [1.807, 2.05) is 7.11 Å². The molecular weight excluding hydrogens is 184 g/mol. The minimum absolute atomic E-state index is 0.318. The van der Waals surface area contributed by atoms with Crippen molar-refractivity contribution in [3.63, 3.8) is 0 Å². The van der Waals surface area contributed by atoms with E-state index in [1.54, 1.807) is 5.57 Å². The van der Waals surface area contributed by atoms with E-state index >= 15 is 0 Å². The average Bonchev–Trinajstić information content (AvgIpc) is 2.61. The van der Waals surface area contributed by atoms with Crippen LogP contribution in [0, 0.1) is 10.8 Å². The van der Waals surface area contributed by atoms with Gasteiger partial charge in [0, 0.05) is 12.5 Å². The number of rotatable bonds is 1. The Bertz CT molecular complexity index is 269. The summed E-state index contributed by atoms with van der Waals surface area (Å²) in [5.74, 6) is 0. The molecule has 1 spiro atoms. The summed E-state index contributed by atoms with van der Waals surface area (Å²) in [6.45, 7) is 6.97. The van der Waals surface area contributed by atoms with Crippen molar-refractivity contribution in [1.29, 1.82) is 0 Å². The van der Waals surface area contributed by atoms with Crippen LogP contribution in [0.1, 0.15) is 52.9 Å². The van der Waals surface area contributed by atoms with E-state index in [2.05, 4.69) is 26.8 Å². The zero-order valence-corrected chi connectivity index (χ0v) is 10.6. The van der Waals surface area contributed by atoms with Crippen LogP contribution >= 0.6 is 0 Å². The van der Waals surface area contributed by atoms with E-state index in [0.29, 0.717) is 16.9 Å². The Morgan fingerprint density at radius 3 is 2.40 bits per heavy atom. The smallest absolute Gasteiger partial charge is 0.0672 e. The van der Waals surface area contributed by atoms with Gasteiger partial charge in [0.2, 0.25) is 0 Å². The molecule has 0 bridgehead atoms. The standard InChI is InChI=1S/C14H24O/c1-11-9-13(2,3)10-12(15-4)14(11)7-5-6-8-14/h9,12H,5-8,10H2,1-4H3. The maximum Gasteiger partial charge on any atom is 0.0672 e. The molecule has 0 radical (unpaired) electrons. The van der Waals surface area contributed by atoms with Crippen molar-refractivity contribution in [1.82, 2.24) is 0 Å². The number of allylic oxidation sites excluding steroid dienone is 1. The Morgan fingerprint density at radius 1 is 1.27 bits per heavy atom. The molecule has 0 aliphatic heterocycles. The number of ether oxygens (including phenoxy) is 1. The highest BCUT2D eigenvalue weighted by molar-refractivity contribution is 5.24. The third-order valence-corrected chi connectivity index (χ3v) is 4.50. The fraction of sp³-hybridized carbons (Fsp3) is 0.857. The lowest BCUT2D eigenvalue weighted by atomic mass is 9.63. The number of hydrogen-bond donors (Lipinski definition) is 0. The van der Waals surface area contributed by atoms with Crippen LogP contribution in [0.25, 0.3) is 0 Å². The molecule has 1 atom stereocenters. The van der Waals surface area contributed by atoms with E-state index in [0.717, 1.165) is 0 Å². The molecule has 0 N–H and O–H groups in total. The van der Waals surface area contributed by atoms with Gasteiger partial charge in [-0.25, -0.2) is 0 Å². The molecule has 1 saturated carbocycles. The Labute approximate surface area is 93.9 Å². The van der Waals surface area contributed by atoms with Gasteiger partial charge in [-0.05, 0) is 31.6 Å². The molecule has 0 heterocycles. The van der Waals surface area contributed by atoms with Crippen molar-refractivity contribution < 1.29 is 4.74 Å². The average molecular weight is 208 g/mol. The number of methoxy groups -OCH3 is 1. The fourth-order valence-corrected chi connectivity index (χ4v) is 3.75. The van der Waals surface area contributed by atoms with E-state index in [9.17, 15) is 0 Å². The molecule has 2 aliphatic carbocycles. The fourth-order valence-electron chi connectivity index (χ4n) is 3.75. The lowest BCUT2D eigenvalue weighted by Crippen LogP contribution is -2.42. The molecule has 15 heavy (non-hydrogen) atoms. The lowest BCUT2D eigenvalue weighted by Gasteiger charge is -2.46. The molecule has 1 unspecified atom stereocenters. The van der Waals surface area contributed by atoms with Gasteiger partial charge in [-0.15, -0.1) is 0 Å². The summed E-state index contributed by atoms with van der Waals surface area (Å²) >= 11 is 0.